The highest BCUT2D eigenvalue weighted by Gasteiger charge is 2.35. The van der Waals surface area contributed by atoms with Crippen molar-refractivity contribution < 1.29 is 13.2 Å². The fraction of sp³-hybridized carbons (Fsp3) is 0.304. The third-order valence-corrected chi connectivity index (χ3v) is 4.72. The summed E-state index contributed by atoms with van der Waals surface area (Å²) in [5.41, 5.74) is 2.51. The average molecular weight is 414 g/mol. The molecule has 0 amide bonds. The van der Waals surface area contributed by atoms with Gasteiger partial charge in [0.05, 0.1) is 0 Å². The minimum Gasteiger partial charge on any atom is -0.339 e. The number of rotatable bonds is 7. The summed E-state index contributed by atoms with van der Waals surface area (Å²) in [5.74, 6) is 0.207. The summed E-state index contributed by atoms with van der Waals surface area (Å²) in [6, 6.07) is 15.0. The molecule has 158 valence electrons. The van der Waals surface area contributed by atoms with E-state index in [0.717, 1.165) is 24.6 Å². The second kappa shape index (κ2) is 9.15. The fourth-order valence-electron chi connectivity index (χ4n) is 3.08. The van der Waals surface area contributed by atoms with Crippen molar-refractivity contribution in [3.63, 3.8) is 0 Å². The first-order chi connectivity index (χ1) is 14.3. The van der Waals surface area contributed by atoms with E-state index in [-0.39, 0.29) is 11.8 Å². The van der Waals surface area contributed by atoms with Crippen LogP contribution in [0.1, 0.15) is 49.8 Å². The Morgan fingerprint density at radius 1 is 0.967 bits per heavy atom. The van der Waals surface area contributed by atoms with E-state index in [1.165, 1.54) is 5.56 Å². The molecule has 0 saturated heterocycles. The first kappa shape index (κ1) is 21.6. The van der Waals surface area contributed by atoms with Crippen LogP contribution in [0.5, 0.6) is 0 Å². The summed E-state index contributed by atoms with van der Waals surface area (Å²) in [6.07, 6.45) is -2.13. The molecule has 7 heteroatoms. The van der Waals surface area contributed by atoms with E-state index in [9.17, 15) is 13.2 Å². The predicted octanol–water partition coefficient (Wildman–Crippen LogP) is 7.06. The first-order valence-corrected chi connectivity index (χ1v) is 9.94. The summed E-state index contributed by atoms with van der Waals surface area (Å²) in [4.78, 5) is 8.01. The van der Waals surface area contributed by atoms with E-state index < -0.39 is 11.7 Å². The summed E-state index contributed by atoms with van der Waals surface area (Å²) in [5, 5.41) is 5.86. The number of aryl methyl sites for hydroxylation is 1. The zero-order chi connectivity index (χ0) is 21.7. The first-order valence-electron chi connectivity index (χ1n) is 9.94. The Kier molecular flexibility index (Phi) is 6.59. The molecule has 0 spiro atoms. The predicted molar refractivity (Wildman–Crippen MR) is 115 cm³/mol. The van der Waals surface area contributed by atoms with Crippen LogP contribution >= 0.6 is 0 Å². The number of halogens is 3. The summed E-state index contributed by atoms with van der Waals surface area (Å²) in [6.45, 7) is 6.21. The lowest BCUT2D eigenvalue weighted by Crippen LogP contribution is -2.13. The van der Waals surface area contributed by atoms with Crippen molar-refractivity contribution in [2.24, 2.45) is 0 Å². The second-order valence-corrected chi connectivity index (χ2v) is 7.39. The maximum atomic E-state index is 13.5. The van der Waals surface area contributed by atoms with Crippen LogP contribution in [0.3, 0.4) is 0 Å². The highest BCUT2D eigenvalue weighted by molar-refractivity contribution is 5.65. The topological polar surface area (TPSA) is 49.8 Å². The number of anilines is 4. The van der Waals surface area contributed by atoms with Crippen LogP contribution in [0.2, 0.25) is 0 Å². The van der Waals surface area contributed by atoms with E-state index in [4.69, 9.17) is 0 Å². The van der Waals surface area contributed by atoms with E-state index in [1.54, 1.807) is 12.1 Å². The molecule has 0 fully saturated rings. The minimum atomic E-state index is -4.57. The third kappa shape index (κ3) is 5.28. The van der Waals surface area contributed by atoms with Gasteiger partial charge in [0.25, 0.3) is 0 Å². The van der Waals surface area contributed by atoms with E-state index in [1.807, 2.05) is 43.3 Å². The van der Waals surface area contributed by atoms with E-state index >= 15 is 0 Å². The molecule has 3 rings (SSSR count). The van der Waals surface area contributed by atoms with E-state index in [0.29, 0.717) is 17.3 Å². The lowest BCUT2D eigenvalue weighted by Gasteiger charge is -2.17. The molecule has 30 heavy (non-hydrogen) atoms. The molecule has 0 aliphatic carbocycles. The van der Waals surface area contributed by atoms with Crippen molar-refractivity contribution >= 4 is 23.1 Å². The number of para-hydroxylation sites is 1. The van der Waals surface area contributed by atoms with Crippen LogP contribution in [0.4, 0.5) is 36.3 Å². The SMILES string of the molecule is CCCc1ccccc1Nc1nc(Nc2ccc(C(C)C)cc2)ncc1C(F)(F)F. The molecular formula is C23H25F3N4. The number of aromatic nitrogens is 2. The number of nitrogens with zero attached hydrogens (tertiary/aromatic N) is 2. The maximum absolute atomic E-state index is 13.5. The van der Waals surface area contributed by atoms with Crippen LogP contribution in [-0.4, -0.2) is 9.97 Å². The van der Waals surface area contributed by atoms with Crippen LogP contribution in [-0.2, 0) is 12.6 Å². The van der Waals surface area contributed by atoms with Gasteiger partial charge in [-0.2, -0.15) is 18.2 Å². The molecular weight excluding hydrogens is 389 g/mol. The van der Waals surface area contributed by atoms with Gasteiger partial charge in [-0.1, -0.05) is 57.5 Å². The van der Waals surface area contributed by atoms with Crippen molar-refractivity contribution in [2.45, 2.75) is 45.7 Å². The number of hydrogen-bond acceptors (Lipinski definition) is 4. The van der Waals surface area contributed by atoms with Gasteiger partial charge in [-0.25, -0.2) is 4.98 Å². The van der Waals surface area contributed by atoms with Crippen LogP contribution in [0.15, 0.2) is 54.7 Å². The molecule has 0 atom stereocenters. The van der Waals surface area contributed by atoms with Crippen molar-refractivity contribution in [2.75, 3.05) is 10.6 Å². The second-order valence-electron chi connectivity index (χ2n) is 7.39. The number of nitrogens with one attached hydrogen (secondary N) is 2. The number of hydrogen-bond donors (Lipinski definition) is 2. The Morgan fingerprint density at radius 2 is 1.67 bits per heavy atom. The fourth-order valence-corrected chi connectivity index (χ4v) is 3.08. The van der Waals surface area contributed by atoms with Crippen molar-refractivity contribution in [1.29, 1.82) is 0 Å². The van der Waals surface area contributed by atoms with Crippen LogP contribution < -0.4 is 10.6 Å². The molecule has 0 unspecified atom stereocenters. The Bertz CT molecular complexity index is 982. The van der Waals surface area contributed by atoms with Gasteiger partial charge in [0.15, 0.2) is 0 Å². The molecule has 0 bridgehead atoms. The van der Waals surface area contributed by atoms with Crippen LogP contribution in [0, 0.1) is 0 Å². The van der Waals surface area contributed by atoms with Crippen molar-refractivity contribution in [3.8, 4) is 0 Å². The Hall–Kier alpha value is -3.09. The van der Waals surface area contributed by atoms with Crippen molar-refractivity contribution in [1.82, 2.24) is 9.97 Å². The Labute approximate surface area is 174 Å². The van der Waals surface area contributed by atoms with Crippen molar-refractivity contribution in [3.05, 3.63) is 71.4 Å². The lowest BCUT2D eigenvalue weighted by molar-refractivity contribution is -0.137. The van der Waals surface area contributed by atoms with Gasteiger partial charge in [0, 0.05) is 17.6 Å². The Balaban J connectivity index is 1.93. The highest BCUT2D eigenvalue weighted by atomic mass is 19.4. The van der Waals surface area contributed by atoms with Gasteiger partial charge in [0.1, 0.15) is 11.4 Å². The minimum absolute atomic E-state index is 0.0933. The highest BCUT2D eigenvalue weighted by Crippen LogP contribution is 2.36. The normalized spacial score (nSPS) is 11.6. The van der Waals surface area contributed by atoms with Gasteiger partial charge in [-0.15, -0.1) is 0 Å². The Morgan fingerprint density at radius 3 is 2.30 bits per heavy atom. The van der Waals surface area contributed by atoms with Crippen LogP contribution in [0.25, 0.3) is 0 Å². The molecule has 0 aliphatic rings. The zero-order valence-corrected chi connectivity index (χ0v) is 17.2. The van der Waals surface area contributed by atoms with Gasteiger partial charge < -0.3 is 10.6 Å². The summed E-state index contributed by atoms with van der Waals surface area (Å²) in [7, 11) is 0. The molecule has 1 aromatic heterocycles. The monoisotopic (exact) mass is 414 g/mol. The van der Waals surface area contributed by atoms with Gasteiger partial charge in [0.2, 0.25) is 5.95 Å². The quantitative estimate of drug-likeness (QED) is 0.435. The maximum Gasteiger partial charge on any atom is 0.421 e. The zero-order valence-electron chi connectivity index (χ0n) is 17.2. The molecule has 1 heterocycles. The van der Waals surface area contributed by atoms with E-state index in [2.05, 4.69) is 34.4 Å². The molecule has 3 aromatic rings. The molecule has 4 nitrogen and oxygen atoms in total. The average Bonchev–Trinajstić information content (AvgIpc) is 2.69. The number of alkyl halides is 3. The smallest absolute Gasteiger partial charge is 0.339 e. The molecule has 0 saturated carbocycles. The summed E-state index contributed by atoms with van der Waals surface area (Å²) < 4.78 is 40.6. The third-order valence-electron chi connectivity index (χ3n) is 4.72. The molecule has 2 N–H and O–H groups in total. The standard InChI is InChI=1S/C23H25F3N4/c1-4-7-17-8-5-6-9-20(17)29-21-19(23(24,25)26)14-27-22(30-21)28-18-12-10-16(11-13-18)15(2)3/h5-6,8-15H,4,7H2,1-3H3,(H2,27,28,29,30). The molecule has 0 aliphatic heterocycles. The summed E-state index contributed by atoms with van der Waals surface area (Å²) >= 11 is 0. The number of benzene rings is 2. The van der Waals surface area contributed by atoms with Gasteiger partial charge >= 0.3 is 6.18 Å². The molecule has 0 radical (unpaired) electrons. The largest absolute Gasteiger partial charge is 0.421 e. The van der Waals surface area contributed by atoms with Gasteiger partial charge in [-0.05, 0) is 41.7 Å². The van der Waals surface area contributed by atoms with Gasteiger partial charge in [-0.3, -0.25) is 0 Å². The lowest BCUT2D eigenvalue weighted by atomic mass is 10.0. The molecule has 2 aromatic carbocycles.